The van der Waals surface area contributed by atoms with E-state index in [0.29, 0.717) is 0 Å². The van der Waals surface area contributed by atoms with Crippen LogP contribution < -0.4 is 5.32 Å². The molecule has 2 N–H and O–H groups in total. The van der Waals surface area contributed by atoms with Crippen molar-refractivity contribution in [2.45, 2.75) is 45.6 Å². The SMILES string of the molecule is CCc1cc(C(C)O)c2c(c1)C(CC)C(=O)N2. The van der Waals surface area contributed by atoms with Crippen molar-refractivity contribution in [2.24, 2.45) is 0 Å². The fraction of sp³-hybridized carbons (Fsp3) is 0.500. The highest BCUT2D eigenvalue weighted by atomic mass is 16.3. The molecule has 0 fully saturated rings. The summed E-state index contributed by atoms with van der Waals surface area (Å²) in [5.41, 5.74) is 3.89. The monoisotopic (exact) mass is 233 g/mol. The molecule has 1 heterocycles. The van der Waals surface area contributed by atoms with Gasteiger partial charge in [-0.15, -0.1) is 0 Å². The van der Waals surface area contributed by atoms with Crippen LogP contribution in [0, 0.1) is 0 Å². The summed E-state index contributed by atoms with van der Waals surface area (Å²) in [6, 6.07) is 4.08. The van der Waals surface area contributed by atoms with Crippen LogP contribution in [0.25, 0.3) is 0 Å². The fourth-order valence-electron chi connectivity index (χ4n) is 2.46. The van der Waals surface area contributed by atoms with Gasteiger partial charge < -0.3 is 10.4 Å². The predicted octanol–water partition coefficient (Wildman–Crippen LogP) is 2.75. The molecule has 3 nitrogen and oxygen atoms in total. The maximum Gasteiger partial charge on any atom is 0.232 e. The van der Waals surface area contributed by atoms with E-state index in [9.17, 15) is 9.90 Å². The minimum absolute atomic E-state index is 0.0534. The Labute approximate surface area is 102 Å². The van der Waals surface area contributed by atoms with Gasteiger partial charge in [0.05, 0.1) is 17.7 Å². The second-order valence-electron chi connectivity index (χ2n) is 4.63. The van der Waals surface area contributed by atoms with Gasteiger partial charge in [0.1, 0.15) is 0 Å². The largest absolute Gasteiger partial charge is 0.389 e. The number of carbonyl (C=O) groups is 1. The van der Waals surface area contributed by atoms with Crippen LogP contribution in [0.1, 0.15) is 55.9 Å². The maximum absolute atomic E-state index is 11.8. The highest BCUT2D eigenvalue weighted by Crippen LogP contribution is 2.40. The lowest BCUT2D eigenvalue weighted by Crippen LogP contribution is -2.11. The molecule has 1 amide bonds. The molecule has 0 radical (unpaired) electrons. The lowest BCUT2D eigenvalue weighted by atomic mass is 9.92. The quantitative estimate of drug-likeness (QED) is 0.843. The number of hydrogen-bond donors (Lipinski definition) is 2. The summed E-state index contributed by atoms with van der Waals surface area (Å²) in [4.78, 5) is 11.8. The van der Waals surface area contributed by atoms with Gasteiger partial charge >= 0.3 is 0 Å². The molecule has 17 heavy (non-hydrogen) atoms. The van der Waals surface area contributed by atoms with Crippen LogP contribution in [-0.2, 0) is 11.2 Å². The van der Waals surface area contributed by atoms with Gasteiger partial charge in [-0.3, -0.25) is 4.79 Å². The number of nitrogens with one attached hydrogen (secondary N) is 1. The molecular formula is C14H19NO2. The Balaban J connectivity index is 2.59. The average Bonchev–Trinajstić information content (AvgIpc) is 2.62. The fourth-order valence-corrected chi connectivity index (χ4v) is 2.46. The van der Waals surface area contributed by atoms with Crippen LogP contribution in [0.4, 0.5) is 5.69 Å². The van der Waals surface area contributed by atoms with E-state index in [1.165, 1.54) is 5.56 Å². The Morgan fingerprint density at radius 1 is 1.41 bits per heavy atom. The smallest absolute Gasteiger partial charge is 0.232 e. The van der Waals surface area contributed by atoms with Crippen molar-refractivity contribution < 1.29 is 9.90 Å². The first-order chi connectivity index (χ1) is 8.08. The molecule has 0 bridgehead atoms. The average molecular weight is 233 g/mol. The molecule has 1 aromatic rings. The van der Waals surface area contributed by atoms with Gasteiger partial charge in [0.15, 0.2) is 0 Å². The Hall–Kier alpha value is -1.35. The number of hydrogen-bond acceptors (Lipinski definition) is 2. The Morgan fingerprint density at radius 2 is 2.12 bits per heavy atom. The van der Waals surface area contributed by atoms with Gasteiger partial charge in [0.2, 0.25) is 5.91 Å². The molecule has 0 aromatic heterocycles. The van der Waals surface area contributed by atoms with Crippen LogP contribution in [0.2, 0.25) is 0 Å². The Morgan fingerprint density at radius 3 is 2.65 bits per heavy atom. The van der Waals surface area contributed by atoms with E-state index >= 15 is 0 Å². The maximum atomic E-state index is 11.8. The number of anilines is 1. The molecule has 1 aliphatic heterocycles. The highest BCUT2D eigenvalue weighted by molar-refractivity contribution is 6.03. The Kier molecular flexibility index (Phi) is 3.20. The lowest BCUT2D eigenvalue weighted by molar-refractivity contribution is -0.117. The molecule has 0 aliphatic carbocycles. The summed E-state index contributed by atoms with van der Waals surface area (Å²) >= 11 is 0. The number of benzene rings is 1. The number of carbonyl (C=O) groups excluding carboxylic acids is 1. The van der Waals surface area contributed by atoms with E-state index in [-0.39, 0.29) is 11.8 Å². The van der Waals surface area contributed by atoms with Crippen LogP contribution in [0.15, 0.2) is 12.1 Å². The molecule has 1 aromatic carbocycles. The van der Waals surface area contributed by atoms with Gasteiger partial charge in [-0.25, -0.2) is 0 Å². The third kappa shape index (κ3) is 1.95. The van der Waals surface area contributed by atoms with Crippen molar-refractivity contribution in [3.8, 4) is 0 Å². The molecule has 92 valence electrons. The topological polar surface area (TPSA) is 49.3 Å². The van der Waals surface area contributed by atoms with Gasteiger partial charge in [-0.1, -0.05) is 26.0 Å². The van der Waals surface area contributed by atoms with Gasteiger partial charge in [0.25, 0.3) is 0 Å². The first-order valence-corrected chi connectivity index (χ1v) is 6.24. The number of fused-ring (bicyclic) bond motifs is 1. The van der Waals surface area contributed by atoms with Gasteiger partial charge in [-0.05, 0) is 30.9 Å². The van der Waals surface area contributed by atoms with Gasteiger partial charge in [0, 0.05) is 5.56 Å². The van der Waals surface area contributed by atoms with Crippen LogP contribution in [0.3, 0.4) is 0 Å². The lowest BCUT2D eigenvalue weighted by Gasteiger charge is -2.14. The zero-order valence-electron chi connectivity index (χ0n) is 10.6. The number of aryl methyl sites for hydroxylation is 1. The Bertz CT molecular complexity index is 452. The minimum atomic E-state index is -0.550. The predicted molar refractivity (Wildman–Crippen MR) is 68.1 cm³/mol. The number of aliphatic hydroxyl groups is 1. The van der Waals surface area contributed by atoms with E-state index in [2.05, 4.69) is 18.3 Å². The summed E-state index contributed by atoms with van der Waals surface area (Å²) in [7, 11) is 0. The van der Waals surface area contributed by atoms with E-state index in [1.54, 1.807) is 6.92 Å². The first-order valence-electron chi connectivity index (χ1n) is 6.24. The zero-order chi connectivity index (χ0) is 12.6. The minimum Gasteiger partial charge on any atom is -0.389 e. The summed E-state index contributed by atoms with van der Waals surface area (Å²) in [5.74, 6) is -0.00773. The van der Waals surface area contributed by atoms with Crippen molar-refractivity contribution in [2.75, 3.05) is 5.32 Å². The first kappa shape index (κ1) is 12.1. The second-order valence-corrected chi connectivity index (χ2v) is 4.63. The van der Waals surface area contributed by atoms with Crippen LogP contribution >= 0.6 is 0 Å². The molecular weight excluding hydrogens is 214 g/mol. The van der Waals surface area contributed by atoms with Crippen LogP contribution in [-0.4, -0.2) is 11.0 Å². The number of rotatable bonds is 3. The van der Waals surface area contributed by atoms with Gasteiger partial charge in [-0.2, -0.15) is 0 Å². The van der Waals surface area contributed by atoms with Crippen molar-refractivity contribution in [1.82, 2.24) is 0 Å². The number of aliphatic hydroxyl groups excluding tert-OH is 1. The molecule has 2 atom stereocenters. The number of amides is 1. The van der Waals surface area contributed by atoms with E-state index < -0.39 is 6.10 Å². The van der Waals surface area contributed by atoms with Crippen LogP contribution in [0.5, 0.6) is 0 Å². The van der Waals surface area contributed by atoms with Crippen molar-refractivity contribution in [3.63, 3.8) is 0 Å². The highest BCUT2D eigenvalue weighted by Gasteiger charge is 2.31. The van der Waals surface area contributed by atoms with E-state index in [1.807, 2.05) is 13.0 Å². The molecule has 0 spiro atoms. The standard InChI is InChI=1S/C14H19NO2/c1-4-9-6-11(8(3)16)13-12(7-9)10(5-2)14(17)15-13/h6-8,10,16H,4-5H2,1-3H3,(H,15,17). The molecule has 2 rings (SSSR count). The summed E-state index contributed by atoms with van der Waals surface area (Å²) < 4.78 is 0. The third-order valence-electron chi connectivity index (χ3n) is 3.47. The van der Waals surface area contributed by atoms with Crippen molar-refractivity contribution in [1.29, 1.82) is 0 Å². The zero-order valence-corrected chi connectivity index (χ0v) is 10.6. The summed E-state index contributed by atoms with van der Waals surface area (Å²) in [5, 5.41) is 12.7. The summed E-state index contributed by atoms with van der Waals surface area (Å²) in [6.45, 7) is 5.83. The molecule has 2 unspecified atom stereocenters. The summed E-state index contributed by atoms with van der Waals surface area (Å²) in [6.07, 6.45) is 1.16. The molecule has 1 aliphatic rings. The second kappa shape index (κ2) is 4.49. The van der Waals surface area contributed by atoms with Crippen molar-refractivity contribution in [3.05, 3.63) is 28.8 Å². The molecule has 0 saturated heterocycles. The third-order valence-corrected chi connectivity index (χ3v) is 3.47. The van der Waals surface area contributed by atoms with E-state index in [0.717, 1.165) is 29.7 Å². The normalized spacial score (nSPS) is 20.0. The molecule has 3 heteroatoms. The van der Waals surface area contributed by atoms with Crippen molar-refractivity contribution >= 4 is 11.6 Å². The van der Waals surface area contributed by atoms with E-state index in [4.69, 9.17) is 0 Å². The molecule has 0 saturated carbocycles.